The number of allylic oxidation sites excluding steroid dienone is 2. The molecule has 3 aliphatic heterocycles. The molecule has 0 N–H and O–H groups in total. The minimum Gasteiger partial charge on any atom is -0.302 e. The summed E-state index contributed by atoms with van der Waals surface area (Å²) in [5.41, 5.74) is 2.53. The number of benzene rings is 1. The quantitative estimate of drug-likeness (QED) is 0.768. The van der Waals surface area contributed by atoms with Crippen molar-refractivity contribution >= 4 is 23.6 Å². The lowest BCUT2D eigenvalue weighted by atomic mass is 10.1. The predicted octanol–water partition coefficient (Wildman–Crippen LogP) is 2.34. The fourth-order valence-corrected chi connectivity index (χ4v) is 3.81. The average molecular weight is 369 g/mol. The first-order chi connectivity index (χ1) is 12.9. The van der Waals surface area contributed by atoms with Crippen molar-refractivity contribution < 1.29 is 14.0 Å². The topological polar surface area (TPSA) is 59.5 Å². The molecule has 4 rings (SSSR count). The van der Waals surface area contributed by atoms with Crippen molar-refractivity contribution in [2.24, 2.45) is 4.99 Å². The molecule has 0 radical (unpaired) electrons. The van der Waals surface area contributed by atoms with Gasteiger partial charge in [-0.1, -0.05) is 6.08 Å². The summed E-state index contributed by atoms with van der Waals surface area (Å²) < 4.78 is 13.3. The molecular weight excluding hydrogens is 349 g/mol. The standard InChI is InChI=1S/C19H20FN5O2/c1-5-10-23-17(26)15-16(22(4)19(23)27)21-18-24(11(2)12(3)25(15)18)14-8-6-13(20)7-9-14/h5-9,15-16H,1,10H2,2-4H3. The molecule has 3 amide bonds. The number of urea groups is 1. The van der Waals surface area contributed by atoms with Gasteiger partial charge >= 0.3 is 6.03 Å². The number of amides is 3. The number of aliphatic imine (C=N–C) groups is 1. The van der Waals surface area contributed by atoms with E-state index >= 15 is 0 Å². The second-order valence-electron chi connectivity index (χ2n) is 6.77. The third-order valence-electron chi connectivity index (χ3n) is 5.29. The van der Waals surface area contributed by atoms with Crippen LogP contribution in [0.15, 0.2) is 53.3 Å². The fourth-order valence-electron chi connectivity index (χ4n) is 3.81. The summed E-state index contributed by atoms with van der Waals surface area (Å²) in [5.74, 6) is -0.0503. The highest BCUT2D eigenvalue weighted by Crippen LogP contribution is 2.39. The number of hydrogen-bond donors (Lipinski definition) is 0. The first-order valence-corrected chi connectivity index (χ1v) is 8.66. The summed E-state index contributed by atoms with van der Waals surface area (Å²) >= 11 is 0. The normalized spacial score (nSPS) is 24.5. The predicted molar refractivity (Wildman–Crippen MR) is 99.2 cm³/mol. The molecule has 3 heterocycles. The second kappa shape index (κ2) is 5.94. The van der Waals surface area contributed by atoms with Crippen molar-refractivity contribution in [2.45, 2.75) is 26.1 Å². The number of guanidine groups is 1. The molecular formula is C19H20FN5O2. The Morgan fingerprint density at radius 1 is 1.19 bits per heavy atom. The molecule has 0 saturated carbocycles. The molecule has 7 nitrogen and oxygen atoms in total. The SMILES string of the molecule is C=CCN1C(=O)C2C(N=C3N(c4ccc(F)cc4)C(C)=C(C)N32)N(C)C1=O. The largest absolute Gasteiger partial charge is 0.328 e. The number of hydrogen-bond acceptors (Lipinski definition) is 5. The van der Waals surface area contributed by atoms with E-state index in [-0.39, 0.29) is 18.3 Å². The van der Waals surface area contributed by atoms with Crippen LogP contribution < -0.4 is 4.90 Å². The third kappa shape index (κ3) is 2.29. The zero-order valence-electron chi connectivity index (χ0n) is 15.4. The maximum absolute atomic E-state index is 13.3. The van der Waals surface area contributed by atoms with Gasteiger partial charge in [0.2, 0.25) is 5.96 Å². The van der Waals surface area contributed by atoms with E-state index in [1.54, 1.807) is 19.2 Å². The van der Waals surface area contributed by atoms with Crippen LogP contribution in [-0.2, 0) is 4.79 Å². The highest BCUT2D eigenvalue weighted by molar-refractivity contribution is 6.10. The van der Waals surface area contributed by atoms with Crippen molar-refractivity contribution in [2.75, 3.05) is 18.5 Å². The molecule has 3 aliphatic rings. The van der Waals surface area contributed by atoms with Crippen LogP contribution in [0.1, 0.15) is 13.8 Å². The Kier molecular flexibility index (Phi) is 3.80. The van der Waals surface area contributed by atoms with Gasteiger partial charge in [-0.05, 0) is 38.1 Å². The number of nitrogens with zero attached hydrogens (tertiary/aromatic N) is 5. The van der Waals surface area contributed by atoms with Crippen LogP contribution in [0.5, 0.6) is 0 Å². The van der Waals surface area contributed by atoms with Gasteiger partial charge in [-0.2, -0.15) is 0 Å². The Morgan fingerprint density at radius 3 is 2.48 bits per heavy atom. The fraction of sp³-hybridized carbons (Fsp3) is 0.316. The summed E-state index contributed by atoms with van der Waals surface area (Å²) in [6.07, 6.45) is 0.927. The van der Waals surface area contributed by atoms with Crippen LogP contribution in [0, 0.1) is 5.82 Å². The maximum atomic E-state index is 13.3. The summed E-state index contributed by atoms with van der Waals surface area (Å²) in [6.45, 7) is 7.63. The van der Waals surface area contributed by atoms with Crippen LogP contribution in [0.3, 0.4) is 0 Å². The van der Waals surface area contributed by atoms with E-state index in [9.17, 15) is 14.0 Å². The molecule has 8 heteroatoms. The Bertz CT molecular complexity index is 907. The smallest absolute Gasteiger partial charge is 0.302 e. The van der Waals surface area contributed by atoms with Crippen LogP contribution >= 0.6 is 0 Å². The second-order valence-corrected chi connectivity index (χ2v) is 6.77. The molecule has 1 fully saturated rings. The lowest BCUT2D eigenvalue weighted by molar-refractivity contribution is -0.136. The third-order valence-corrected chi connectivity index (χ3v) is 5.29. The Labute approximate surface area is 156 Å². The molecule has 140 valence electrons. The maximum Gasteiger partial charge on any atom is 0.328 e. The molecule has 1 aromatic carbocycles. The molecule has 2 atom stereocenters. The minimum atomic E-state index is -0.622. The van der Waals surface area contributed by atoms with Crippen LogP contribution in [0.4, 0.5) is 14.9 Å². The van der Waals surface area contributed by atoms with E-state index < -0.39 is 18.2 Å². The van der Waals surface area contributed by atoms with Gasteiger partial charge in [0.15, 0.2) is 12.2 Å². The van der Waals surface area contributed by atoms with Crippen molar-refractivity contribution in [1.82, 2.24) is 14.7 Å². The number of rotatable bonds is 3. The molecule has 27 heavy (non-hydrogen) atoms. The number of likely N-dealkylation sites (N-methyl/N-ethyl adjacent to an activating group) is 1. The van der Waals surface area contributed by atoms with E-state index in [1.807, 2.05) is 23.6 Å². The molecule has 1 saturated heterocycles. The number of anilines is 1. The van der Waals surface area contributed by atoms with Crippen molar-refractivity contribution in [3.8, 4) is 0 Å². The van der Waals surface area contributed by atoms with Gasteiger partial charge < -0.3 is 4.90 Å². The van der Waals surface area contributed by atoms with Gasteiger partial charge in [-0.15, -0.1) is 6.58 Å². The molecule has 0 bridgehead atoms. The van der Waals surface area contributed by atoms with Crippen molar-refractivity contribution in [3.05, 3.63) is 54.1 Å². The Morgan fingerprint density at radius 2 is 1.85 bits per heavy atom. The zero-order valence-corrected chi connectivity index (χ0v) is 15.4. The highest BCUT2D eigenvalue weighted by atomic mass is 19.1. The molecule has 1 aromatic rings. The first-order valence-electron chi connectivity index (χ1n) is 8.66. The zero-order chi connectivity index (χ0) is 19.5. The summed E-state index contributed by atoms with van der Waals surface area (Å²) in [4.78, 5) is 36.7. The van der Waals surface area contributed by atoms with Crippen molar-refractivity contribution in [1.29, 1.82) is 0 Å². The Balaban J connectivity index is 1.78. The average Bonchev–Trinajstić information content (AvgIpc) is 3.14. The lowest BCUT2D eigenvalue weighted by Crippen LogP contribution is -2.64. The molecule has 2 unspecified atom stereocenters. The summed E-state index contributed by atoms with van der Waals surface area (Å²) in [6, 6.07) is 5.09. The molecule has 0 aromatic heterocycles. The van der Waals surface area contributed by atoms with Crippen LogP contribution in [-0.4, -0.2) is 58.4 Å². The van der Waals surface area contributed by atoms with Crippen LogP contribution in [0.2, 0.25) is 0 Å². The minimum absolute atomic E-state index is 0.151. The van der Waals surface area contributed by atoms with E-state index in [0.717, 1.165) is 17.1 Å². The number of imide groups is 1. The monoisotopic (exact) mass is 369 g/mol. The number of fused-ring (bicyclic) bond motifs is 3. The van der Waals surface area contributed by atoms with Gasteiger partial charge in [0.25, 0.3) is 5.91 Å². The van der Waals surface area contributed by atoms with E-state index in [0.29, 0.717) is 5.96 Å². The van der Waals surface area contributed by atoms with Gasteiger partial charge in [0.05, 0.1) is 0 Å². The van der Waals surface area contributed by atoms with Gasteiger partial charge in [-0.25, -0.2) is 14.2 Å². The summed E-state index contributed by atoms with van der Waals surface area (Å²) in [5, 5.41) is 0. The number of carbonyl (C=O) groups excluding carboxylic acids is 2. The van der Waals surface area contributed by atoms with E-state index in [4.69, 9.17) is 4.99 Å². The van der Waals surface area contributed by atoms with Gasteiger partial charge in [0.1, 0.15) is 5.82 Å². The Hall–Kier alpha value is -3.16. The summed E-state index contributed by atoms with van der Waals surface area (Å²) in [7, 11) is 1.64. The number of carbonyl (C=O) groups is 2. The lowest BCUT2D eigenvalue weighted by Gasteiger charge is -2.40. The molecule has 0 aliphatic carbocycles. The van der Waals surface area contributed by atoms with Crippen LogP contribution in [0.25, 0.3) is 0 Å². The van der Waals surface area contributed by atoms with Crippen molar-refractivity contribution in [3.63, 3.8) is 0 Å². The molecule has 0 spiro atoms. The van der Waals surface area contributed by atoms with Gasteiger partial charge in [-0.3, -0.25) is 19.5 Å². The highest BCUT2D eigenvalue weighted by Gasteiger charge is 2.55. The first kappa shape index (κ1) is 17.3. The van der Waals surface area contributed by atoms with Gasteiger partial charge in [0, 0.05) is 30.7 Å². The van der Waals surface area contributed by atoms with E-state index in [2.05, 4.69) is 6.58 Å². The number of halogens is 1. The van der Waals surface area contributed by atoms with E-state index in [1.165, 1.54) is 28.0 Å².